The van der Waals surface area contributed by atoms with Gasteiger partial charge in [0.1, 0.15) is 0 Å². The first-order valence-electron chi connectivity index (χ1n) is 5.41. The van der Waals surface area contributed by atoms with E-state index in [1.807, 2.05) is 0 Å². The third-order valence-corrected chi connectivity index (χ3v) is 3.59. The van der Waals surface area contributed by atoms with Crippen molar-refractivity contribution < 1.29 is 13.2 Å². The van der Waals surface area contributed by atoms with Gasteiger partial charge in [-0.1, -0.05) is 22.9 Å². The first-order valence-corrected chi connectivity index (χ1v) is 6.20. The highest BCUT2D eigenvalue weighted by Crippen LogP contribution is 2.45. The Morgan fingerprint density at radius 1 is 1.35 bits per heavy atom. The SMILES string of the molecule is CC1(CNc2ccc(Br)cc2C(F)(F)F)CC1. The molecule has 0 atom stereocenters. The zero-order valence-corrected chi connectivity index (χ0v) is 11.0. The maximum atomic E-state index is 12.8. The minimum Gasteiger partial charge on any atom is -0.384 e. The molecule has 0 spiro atoms. The van der Waals surface area contributed by atoms with Gasteiger partial charge in [0.15, 0.2) is 0 Å². The Kier molecular flexibility index (Phi) is 3.14. The Morgan fingerprint density at radius 2 is 2.00 bits per heavy atom. The quantitative estimate of drug-likeness (QED) is 0.855. The average molecular weight is 308 g/mol. The predicted octanol–water partition coefficient (Wildman–Crippen LogP) is 4.68. The van der Waals surface area contributed by atoms with Crippen LogP contribution in [0.5, 0.6) is 0 Å². The molecule has 1 fully saturated rings. The van der Waals surface area contributed by atoms with E-state index in [1.54, 1.807) is 6.07 Å². The van der Waals surface area contributed by atoms with Crippen LogP contribution in [0.3, 0.4) is 0 Å². The summed E-state index contributed by atoms with van der Waals surface area (Å²) < 4.78 is 38.8. The first-order chi connectivity index (χ1) is 7.80. The number of alkyl halides is 3. The molecule has 1 nitrogen and oxygen atoms in total. The van der Waals surface area contributed by atoms with Crippen LogP contribution >= 0.6 is 15.9 Å². The standard InChI is InChI=1S/C12H13BrF3N/c1-11(4-5-11)7-17-10-3-2-8(13)6-9(10)12(14,15)16/h2-3,6,17H,4-5,7H2,1H3. The highest BCUT2D eigenvalue weighted by Gasteiger charge is 2.38. The van der Waals surface area contributed by atoms with Crippen LogP contribution in [0.4, 0.5) is 18.9 Å². The van der Waals surface area contributed by atoms with Gasteiger partial charge < -0.3 is 5.32 Å². The van der Waals surface area contributed by atoms with Gasteiger partial charge in [0.05, 0.1) is 5.56 Å². The van der Waals surface area contributed by atoms with Crippen molar-refractivity contribution in [3.05, 3.63) is 28.2 Å². The summed E-state index contributed by atoms with van der Waals surface area (Å²) in [6.45, 7) is 2.67. The summed E-state index contributed by atoms with van der Waals surface area (Å²) >= 11 is 3.06. The third kappa shape index (κ3) is 3.15. The van der Waals surface area contributed by atoms with Gasteiger partial charge in [-0.05, 0) is 36.5 Å². The van der Waals surface area contributed by atoms with Crippen molar-refractivity contribution in [2.75, 3.05) is 11.9 Å². The van der Waals surface area contributed by atoms with Crippen LogP contribution in [0.2, 0.25) is 0 Å². The van der Waals surface area contributed by atoms with Crippen molar-refractivity contribution in [3.63, 3.8) is 0 Å². The van der Waals surface area contributed by atoms with Crippen LogP contribution in [0, 0.1) is 5.41 Å². The molecule has 1 aromatic rings. The number of hydrogen-bond donors (Lipinski definition) is 1. The number of hydrogen-bond acceptors (Lipinski definition) is 1. The number of anilines is 1. The molecule has 0 unspecified atom stereocenters. The van der Waals surface area contributed by atoms with Crippen LogP contribution in [0.15, 0.2) is 22.7 Å². The molecular weight excluding hydrogens is 295 g/mol. The van der Waals surface area contributed by atoms with E-state index < -0.39 is 11.7 Å². The van der Waals surface area contributed by atoms with Crippen LogP contribution in [-0.2, 0) is 6.18 Å². The zero-order valence-electron chi connectivity index (χ0n) is 9.37. The van der Waals surface area contributed by atoms with Gasteiger partial charge in [0.2, 0.25) is 0 Å². The van der Waals surface area contributed by atoms with Crippen LogP contribution in [0.1, 0.15) is 25.3 Å². The van der Waals surface area contributed by atoms with Gasteiger partial charge in [0, 0.05) is 16.7 Å². The Bertz CT molecular complexity index is 424. The summed E-state index contributed by atoms with van der Waals surface area (Å²) in [6, 6.07) is 4.20. The first kappa shape index (κ1) is 12.7. The van der Waals surface area contributed by atoms with E-state index >= 15 is 0 Å². The fourth-order valence-corrected chi connectivity index (χ4v) is 1.97. The molecule has 1 aromatic carbocycles. The molecule has 0 heterocycles. The molecule has 0 aromatic heterocycles. The van der Waals surface area contributed by atoms with Crippen molar-refractivity contribution in [1.82, 2.24) is 0 Å². The van der Waals surface area contributed by atoms with Gasteiger partial charge in [-0.2, -0.15) is 13.2 Å². The van der Waals surface area contributed by atoms with Crippen LogP contribution in [0.25, 0.3) is 0 Å². The molecule has 0 saturated heterocycles. The Balaban J connectivity index is 2.20. The van der Waals surface area contributed by atoms with Crippen molar-refractivity contribution >= 4 is 21.6 Å². The second-order valence-electron chi connectivity index (χ2n) is 4.85. The van der Waals surface area contributed by atoms with E-state index in [0.717, 1.165) is 18.9 Å². The van der Waals surface area contributed by atoms with Gasteiger partial charge >= 0.3 is 6.18 Å². The van der Waals surface area contributed by atoms with Crippen molar-refractivity contribution in [1.29, 1.82) is 0 Å². The molecule has 0 aliphatic heterocycles. The second kappa shape index (κ2) is 4.19. The molecular formula is C12H13BrF3N. The highest BCUT2D eigenvalue weighted by molar-refractivity contribution is 9.10. The summed E-state index contributed by atoms with van der Waals surface area (Å²) in [4.78, 5) is 0. The summed E-state index contributed by atoms with van der Waals surface area (Å²) in [5, 5.41) is 2.91. The normalized spacial score (nSPS) is 17.9. The van der Waals surface area contributed by atoms with Crippen molar-refractivity contribution in [2.45, 2.75) is 25.9 Å². The maximum Gasteiger partial charge on any atom is 0.418 e. The van der Waals surface area contributed by atoms with E-state index in [0.29, 0.717) is 11.0 Å². The van der Waals surface area contributed by atoms with Gasteiger partial charge in [0.25, 0.3) is 0 Å². The van der Waals surface area contributed by atoms with E-state index in [1.165, 1.54) is 6.07 Å². The lowest BCUT2D eigenvalue weighted by atomic mass is 10.1. The minimum atomic E-state index is -4.32. The molecule has 0 amide bonds. The molecule has 1 aliphatic rings. The van der Waals surface area contributed by atoms with Crippen molar-refractivity contribution in [3.8, 4) is 0 Å². The lowest BCUT2D eigenvalue weighted by Crippen LogP contribution is -2.16. The van der Waals surface area contributed by atoms with Crippen LogP contribution < -0.4 is 5.32 Å². The van der Waals surface area contributed by atoms with Crippen molar-refractivity contribution in [2.24, 2.45) is 5.41 Å². The maximum absolute atomic E-state index is 12.8. The Morgan fingerprint density at radius 3 is 2.53 bits per heavy atom. The largest absolute Gasteiger partial charge is 0.418 e. The molecule has 1 aliphatic carbocycles. The molecule has 2 rings (SSSR count). The summed E-state index contributed by atoms with van der Waals surface area (Å²) in [7, 11) is 0. The molecule has 1 N–H and O–H groups in total. The van der Waals surface area contributed by atoms with Gasteiger partial charge in [-0.3, -0.25) is 0 Å². The zero-order chi connectivity index (χ0) is 12.7. The molecule has 5 heteroatoms. The predicted molar refractivity (Wildman–Crippen MR) is 65.0 cm³/mol. The van der Waals surface area contributed by atoms with E-state index in [9.17, 15) is 13.2 Å². The topological polar surface area (TPSA) is 12.0 Å². The van der Waals surface area contributed by atoms with Gasteiger partial charge in [-0.25, -0.2) is 0 Å². The molecule has 0 bridgehead atoms. The third-order valence-electron chi connectivity index (χ3n) is 3.10. The van der Waals surface area contributed by atoms with E-state index in [4.69, 9.17) is 0 Å². The molecule has 17 heavy (non-hydrogen) atoms. The van der Waals surface area contributed by atoms with Crippen LogP contribution in [-0.4, -0.2) is 6.54 Å². The number of benzene rings is 1. The number of halogens is 4. The Labute approximate surface area is 107 Å². The number of nitrogens with one attached hydrogen (secondary N) is 1. The fourth-order valence-electron chi connectivity index (χ4n) is 1.60. The van der Waals surface area contributed by atoms with E-state index in [-0.39, 0.29) is 11.1 Å². The summed E-state index contributed by atoms with van der Waals surface area (Å²) in [6.07, 6.45) is -2.16. The van der Waals surface area contributed by atoms with Gasteiger partial charge in [-0.15, -0.1) is 0 Å². The summed E-state index contributed by atoms with van der Waals surface area (Å²) in [5.41, 5.74) is -0.277. The second-order valence-corrected chi connectivity index (χ2v) is 5.77. The van der Waals surface area contributed by atoms with E-state index in [2.05, 4.69) is 28.2 Å². The molecule has 0 radical (unpaired) electrons. The average Bonchev–Trinajstić information content (AvgIpc) is 2.94. The number of rotatable bonds is 3. The monoisotopic (exact) mass is 307 g/mol. The highest BCUT2D eigenvalue weighted by atomic mass is 79.9. The lowest BCUT2D eigenvalue weighted by molar-refractivity contribution is -0.137. The molecule has 1 saturated carbocycles. The summed E-state index contributed by atoms with van der Waals surface area (Å²) in [5.74, 6) is 0. The minimum absolute atomic E-state index is 0.161. The molecule has 94 valence electrons. The lowest BCUT2D eigenvalue weighted by Gasteiger charge is -2.17. The smallest absolute Gasteiger partial charge is 0.384 e. The fraction of sp³-hybridized carbons (Fsp3) is 0.500. The Hall–Kier alpha value is -0.710.